The third kappa shape index (κ3) is 4.57. The van der Waals surface area contributed by atoms with Crippen LogP contribution in [0.2, 0.25) is 0 Å². The van der Waals surface area contributed by atoms with Crippen LogP contribution >= 0.6 is 0 Å². The number of rotatable bonds is 8. The number of amides is 3. The first-order valence-corrected chi connectivity index (χ1v) is 12.6. The number of hydrogen-bond donors (Lipinski definition) is 0. The third-order valence-electron chi connectivity index (χ3n) is 7.57. The molecule has 0 aliphatic carbocycles. The standard InChI is InChI=1S/C28H32N2O6/c1-34-14-12-22-9-5-6-13-29(22)25(31)16-28(21-7-3-2-4-8-21)17-26(32)30(27(28)33)18-20-10-11-23-24(15-20)36-19-35-23/h2-4,7-8,10-11,15,22H,5-6,9,12-14,16-19H2,1H3/t22-,28+/m1/s1. The SMILES string of the molecule is COCC[C@H]1CCCCN1C(=O)C[C@@]1(c2ccccc2)CC(=O)N(Cc2ccc3c(c2)OCO3)C1=O. The van der Waals surface area contributed by atoms with Crippen molar-refractivity contribution in [3.63, 3.8) is 0 Å². The van der Waals surface area contributed by atoms with E-state index in [-0.39, 0.29) is 49.9 Å². The van der Waals surface area contributed by atoms with Crippen molar-refractivity contribution in [3.8, 4) is 11.5 Å². The Morgan fingerprint density at radius 2 is 1.89 bits per heavy atom. The van der Waals surface area contributed by atoms with E-state index in [1.807, 2.05) is 41.3 Å². The number of carbonyl (C=O) groups is 3. The number of ether oxygens (including phenoxy) is 3. The first-order valence-electron chi connectivity index (χ1n) is 12.6. The van der Waals surface area contributed by atoms with Gasteiger partial charge in [0.1, 0.15) is 0 Å². The zero-order valence-electron chi connectivity index (χ0n) is 20.6. The number of benzene rings is 2. The van der Waals surface area contributed by atoms with Gasteiger partial charge in [0.2, 0.25) is 24.5 Å². The van der Waals surface area contributed by atoms with Crippen LogP contribution in [-0.4, -0.2) is 60.6 Å². The molecule has 0 N–H and O–H groups in total. The van der Waals surface area contributed by atoms with Crippen molar-refractivity contribution in [2.75, 3.05) is 27.1 Å². The van der Waals surface area contributed by atoms with Crippen molar-refractivity contribution in [2.24, 2.45) is 0 Å². The molecule has 3 aliphatic rings. The lowest BCUT2D eigenvalue weighted by molar-refractivity contribution is -0.144. The van der Waals surface area contributed by atoms with Crippen LogP contribution in [0, 0.1) is 0 Å². The first kappa shape index (κ1) is 24.3. The highest BCUT2D eigenvalue weighted by atomic mass is 16.7. The molecule has 3 aliphatic heterocycles. The average molecular weight is 493 g/mol. The van der Waals surface area contributed by atoms with Gasteiger partial charge in [0.15, 0.2) is 11.5 Å². The highest BCUT2D eigenvalue weighted by Gasteiger charge is 2.54. The summed E-state index contributed by atoms with van der Waals surface area (Å²) in [5, 5.41) is 0. The second-order valence-electron chi connectivity index (χ2n) is 9.79. The average Bonchev–Trinajstić information content (AvgIpc) is 3.46. The zero-order chi connectivity index (χ0) is 25.1. The highest BCUT2D eigenvalue weighted by Crippen LogP contribution is 2.42. The molecule has 2 fully saturated rings. The van der Waals surface area contributed by atoms with Gasteiger partial charge in [0, 0.05) is 39.1 Å². The van der Waals surface area contributed by atoms with Gasteiger partial charge in [-0.2, -0.15) is 0 Å². The minimum absolute atomic E-state index is 0.0251. The van der Waals surface area contributed by atoms with E-state index in [9.17, 15) is 14.4 Å². The normalized spacial score (nSPS) is 23.4. The van der Waals surface area contributed by atoms with Crippen LogP contribution in [-0.2, 0) is 31.1 Å². The second kappa shape index (κ2) is 10.3. The van der Waals surface area contributed by atoms with Crippen molar-refractivity contribution in [1.82, 2.24) is 9.80 Å². The van der Waals surface area contributed by atoms with E-state index in [2.05, 4.69) is 0 Å². The summed E-state index contributed by atoms with van der Waals surface area (Å²) < 4.78 is 16.1. The molecule has 8 heteroatoms. The molecule has 2 atom stereocenters. The fourth-order valence-corrected chi connectivity index (χ4v) is 5.65. The lowest BCUT2D eigenvalue weighted by atomic mass is 9.75. The summed E-state index contributed by atoms with van der Waals surface area (Å²) in [5.74, 6) is 0.569. The van der Waals surface area contributed by atoms with Gasteiger partial charge in [0.25, 0.3) is 0 Å². The highest BCUT2D eigenvalue weighted by molar-refractivity contribution is 6.10. The lowest BCUT2D eigenvalue weighted by Crippen LogP contribution is -2.48. The molecule has 36 heavy (non-hydrogen) atoms. The van der Waals surface area contributed by atoms with Gasteiger partial charge >= 0.3 is 0 Å². The van der Waals surface area contributed by atoms with Gasteiger partial charge in [-0.15, -0.1) is 0 Å². The van der Waals surface area contributed by atoms with Crippen LogP contribution in [0.1, 0.15) is 49.7 Å². The Hall–Kier alpha value is -3.39. The molecule has 2 aromatic carbocycles. The summed E-state index contributed by atoms with van der Waals surface area (Å²) in [6, 6.07) is 14.8. The number of piperidine rings is 1. The fourth-order valence-electron chi connectivity index (χ4n) is 5.65. The molecular weight excluding hydrogens is 460 g/mol. The van der Waals surface area contributed by atoms with E-state index >= 15 is 0 Å². The van der Waals surface area contributed by atoms with Crippen LogP contribution in [0.5, 0.6) is 11.5 Å². The van der Waals surface area contributed by atoms with E-state index < -0.39 is 5.41 Å². The molecule has 8 nitrogen and oxygen atoms in total. The number of imide groups is 1. The molecule has 0 spiro atoms. The Balaban J connectivity index is 1.42. The largest absolute Gasteiger partial charge is 0.454 e. The number of carbonyl (C=O) groups excluding carboxylic acids is 3. The zero-order valence-corrected chi connectivity index (χ0v) is 20.6. The predicted molar refractivity (Wildman–Crippen MR) is 131 cm³/mol. The van der Waals surface area contributed by atoms with Crippen molar-refractivity contribution in [1.29, 1.82) is 0 Å². The molecule has 2 aromatic rings. The number of hydrogen-bond acceptors (Lipinski definition) is 6. The Morgan fingerprint density at radius 3 is 2.69 bits per heavy atom. The Kier molecular flexibility index (Phi) is 6.96. The molecule has 0 unspecified atom stereocenters. The molecule has 3 amide bonds. The number of nitrogens with zero attached hydrogens (tertiary/aromatic N) is 2. The molecule has 3 heterocycles. The van der Waals surface area contributed by atoms with E-state index in [0.717, 1.165) is 31.2 Å². The Bertz CT molecular complexity index is 1140. The van der Waals surface area contributed by atoms with Crippen LogP contribution < -0.4 is 9.47 Å². The van der Waals surface area contributed by atoms with Crippen molar-refractivity contribution < 1.29 is 28.6 Å². The summed E-state index contributed by atoms with van der Waals surface area (Å²) in [6.07, 6.45) is 3.66. The monoisotopic (exact) mass is 492 g/mol. The van der Waals surface area contributed by atoms with E-state index in [4.69, 9.17) is 14.2 Å². The summed E-state index contributed by atoms with van der Waals surface area (Å²) in [5.41, 5.74) is 0.261. The van der Waals surface area contributed by atoms with Crippen molar-refractivity contribution in [3.05, 3.63) is 59.7 Å². The summed E-state index contributed by atoms with van der Waals surface area (Å²) in [4.78, 5) is 44.2. The molecule has 2 saturated heterocycles. The van der Waals surface area contributed by atoms with Crippen LogP contribution in [0.25, 0.3) is 0 Å². The molecule has 190 valence electrons. The van der Waals surface area contributed by atoms with Crippen molar-refractivity contribution >= 4 is 17.7 Å². The lowest BCUT2D eigenvalue weighted by Gasteiger charge is -2.38. The smallest absolute Gasteiger partial charge is 0.241 e. The van der Waals surface area contributed by atoms with Crippen LogP contribution in [0.3, 0.4) is 0 Å². The minimum Gasteiger partial charge on any atom is -0.454 e. The van der Waals surface area contributed by atoms with Gasteiger partial charge in [-0.1, -0.05) is 36.4 Å². The van der Waals surface area contributed by atoms with Crippen LogP contribution in [0.15, 0.2) is 48.5 Å². The van der Waals surface area contributed by atoms with Gasteiger partial charge in [-0.3, -0.25) is 19.3 Å². The number of methoxy groups -OCH3 is 1. The molecule has 0 aromatic heterocycles. The van der Waals surface area contributed by atoms with Crippen molar-refractivity contribution in [2.45, 2.75) is 56.5 Å². The third-order valence-corrected chi connectivity index (χ3v) is 7.57. The molecular formula is C28H32N2O6. The maximum Gasteiger partial charge on any atom is 0.241 e. The van der Waals surface area contributed by atoms with Gasteiger partial charge in [-0.25, -0.2) is 0 Å². The summed E-state index contributed by atoms with van der Waals surface area (Å²) >= 11 is 0. The molecule has 0 saturated carbocycles. The molecule has 0 bridgehead atoms. The van der Waals surface area contributed by atoms with E-state index in [0.29, 0.717) is 30.2 Å². The first-order chi connectivity index (χ1) is 17.5. The Morgan fingerprint density at radius 1 is 1.08 bits per heavy atom. The topological polar surface area (TPSA) is 85.4 Å². The summed E-state index contributed by atoms with van der Waals surface area (Å²) in [6.45, 7) is 1.53. The molecule has 0 radical (unpaired) electrons. The Labute approximate surface area is 211 Å². The molecule has 5 rings (SSSR count). The minimum atomic E-state index is -1.21. The maximum absolute atomic E-state index is 14.0. The maximum atomic E-state index is 14.0. The van der Waals surface area contributed by atoms with E-state index in [1.165, 1.54) is 4.90 Å². The fraction of sp³-hybridized carbons (Fsp3) is 0.464. The van der Waals surface area contributed by atoms with Gasteiger partial charge in [0.05, 0.1) is 12.0 Å². The van der Waals surface area contributed by atoms with Gasteiger partial charge < -0.3 is 19.1 Å². The second-order valence-corrected chi connectivity index (χ2v) is 9.79. The number of likely N-dealkylation sites (tertiary alicyclic amines) is 2. The predicted octanol–water partition coefficient (Wildman–Crippen LogP) is 3.42. The quantitative estimate of drug-likeness (QED) is 0.525. The summed E-state index contributed by atoms with van der Waals surface area (Å²) in [7, 11) is 1.66. The van der Waals surface area contributed by atoms with Gasteiger partial charge in [-0.05, 0) is 48.9 Å². The van der Waals surface area contributed by atoms with Crippen LogP contribution in [0.4, 0.5) is 0 Å². The van der Waals surface area contributed by atoms with E-state index in [1.54, 1.807) is 19.2 Å². The number of fused-ring (bicyclic) bond motifs is 1.